The third kappa shape index (κ3) is 4.98. The topological polar surface area (TPSA) is 38.8 Å². The Morgan fingerprint density at radius 3 is 2.48 bits per heavy atom. The van der Waals surface area contributed by atoms with Crippen molar-refractivity contribution in [3.05, 3.63) is 64.7 Å². The third-order valence-electron chi connectivity index (χ3n) is 4.75. The number of hydrogen-bond donors (Lipinski definition) is 0. The lowest BCUT2D eigenvalue weighted by Crippen LogP contribution is -2.15. The summed E-state index contributed by atoms with van der Waals surface area (Å²) < 4.78 is 11.0. The third-order valence-corrected chi connectivity index (χ3v) is 4.75. The second-order valence-corrected chi connectivity index (χ2v) is 7.10. The van der Waals surface area contributed by atoms with Gasteiger partial charge in [0.2, 0.25) is 0 Å². The number of nitrogens with zero attached hydrogens (tertiary/aromatic N) is 1. The summed E-state index contributed by atoms with van der Waals surface area (Å²) in [6.07, 6.45) is 4.60. The van der Waals surface area contributed by atoms with Crippen LogP contribution in [0.15, 0.2) is 48.0 Å². The molecule has 0 spiro atoms. The van der Waals surface area contributed by atoms with Crippen LogP contribution in [-0.2, 0) is 6.42 Å². The van der Waals surface area contributed by atoms with E-state index in [1.165, 1.54) is 0 Å². The molecule has 0 radical (unpaired) electrons. The highest BCUT2D eigenvalue weighted by Crippen LogP contribution is 2.29. The van der Waals surface area contributed by atoms with E-state index < -0.39 is 0 Å². The van der Waals surface area contributed by atoms with E-state index in [4.69, 9.17) is 9.47 Å². The summed E-state index contributed by atoms with van der Waals surface area (Å²) in [4.78, 5) is 14.9. The zero-order valence-electron chi connectivity index (χ0n) is 16.3. The maximum absolute atomic E-state index is 12.8. The number of aryl methyl sites for hydroxylation is 1. The minimum Gasteiger partial charge on any atom is -0.497 e. The van der Waals surface area contributed by atoms with Gasteiger partial charge in [0.25, 0.3) is 0 Å². The van der Waals surface area contributed by atoms with Gasteiger partial charge in [-0.05, 0) is 80.9 Å². The van der Waals surface area contributed by atoms with Crippen molar-refractivity contribution in [2.24, 2.45) is 0 Å². The molecule has 0 bridgehead atoms. The molecule has 0 unspecified atom stereocenters. The molecular formula is C23H27NO3. The molecule has 0 amide bonds. The first-order valence-corrected chi connectivity index (χ1v) is 9.36. The summed E-state index contributed by atoms with van der Waals surface area (Å²) >= 11 is 0. The summed E-state index contributed by atoms with van der Waals surface area (Å²) in [6, 6.07) is 13.6. The molecule has 1 aliphatic rings. The van der Waals surface area contributed by atoms with E-state index in [0.717, 1.165) is 59.6 Å². The van der Waals surface area contributed by atoms with E-state index in [9.17, 15) is 4.79 Å². The van der Waals surface area contributed by atoms with E-state index in [1.54, 1.807) is 7.11 Å². The van der Waals surface area contributed by atoms with Gasteiger partial charge < -0.3 is 14.4 Å². The van der Waals surface area contributed by atoms with Crippen LogP contribution in [0.2, 0.25) is 0 Å². The zero-order valence-corrected chi connectivity index (χ0v) is 16.3. The Kier molecular flexibility index (Phi) is 6.30. The predicted molar refractivity (Wildman–Crippen MR) is 109 cm³/mol. The second-order valence-electron chi connectivity index (χ2n) is 7.10. The van der Waals surface area contributed by atoms with Crippen LogP contribution in [0.1, 0.15) is 34.3 Å². The van der Waals surface area contributed by atoms with Gasteiger partial charge in [-0.15, -0.1) is 0 Å². The lowest BCUT2D eigenvalue weighted by molar-refractivity contribution is 0.102. The summed E-state index contributed by atoms with van der Waals surface area (Å²) in [7, 11) is 5.76. The highest BCUT2D eigenvalue weighted by Gasteiger charge is 2.22. The number of fused-ring (bicyclic) bond motifs is 1. The number of Topliss-reactive ketones (excluding diaryl/α,β-unsaturated/α-hetero) is 1. The molecule has 0 fully saturated rings. The quantitative estimate of drug-likeness (QED) is 0.543. The summed E-state index contributed by atoms with van der Waals surface area (Å²) in [6.45, 7) is 1.72. The standard InChI is InChI=1S/C23H27NO3/c1-24(2)13-4-14-27-20-9-5-17(6-10-20)15-19-8-7-18-16-21(26-3)11-12-22(18)23(19)25/h5-6,9-12,15-16H,4,7-8,13-14H2,1-3H3/b19-15-. The Morgan fingerprint density at radius 2 is 1.78 bits per heavy atom. The molecule has 1 aliphatic carbocycles. The van der Waals surface area contributed by atoms with Gasteiger partial charge in [-0.25, -0.2) is 0 Å². The van der Waals surface area contributed by atoms with Crippen molar-refractivity contribution < 1.29 is 14.3 Å². The Hall–Kier alpha value is -2.59. The fourth-order valence-electron chi connectivity index (χ4n) is 3.25. The van der Waals surface area contributed by atoms with Crippen LogP contribution in [0.4, 0.5) is 0 Å². The van der Waals surface area contributed by atoms with Crippen molar-refractivity contribution in [3.8, 4) is 11.5 Å². The monoisotopic (exact) mass is 365 g/mol. The van der Waals surface area contributed by atoms with Crippen molar-refractivity contribution in [1.82, 2.24) is 4.90 Å². The highest BCUT2D eigenvalue weighted by atomic mass is 16.5. The summed E-state index contributed by atoms with van der Waals surface area (Å²) in [5.74, 6) is 1.78. The Labute approximate surface area is 161 Å². The fraction of sp³-hybridized carbons (Fsp3) is 0.348. The van der Waals surface area contributed by atoms with Gasteiger partial charge in [-0.3, -0.25) is 4.79 Å². The number of carbonyl (C=O) groups is 1. The lowest BCUT2D eigenvalue weighted by atomic mass is 9.86. The Morgan fingerprint density at radius 1 is 1.04 bits per heavy atom. The van der Waals surface area contributed by atoms with Gasteiger partial charge in [0.1, 0.15) is 11.5 Å². The predicted octanol–water partition coefficient (Wildman–Crippen LogP) is 4.24. The molecule has 0 N–H and O–H groups in total. The van der Waals surface area contributed by atoms with E-state index in [2.05, 4.69) is 19.0 Å². The van der Waals surface area contributed by atoms with Crippen LogP contribution < -0.4 is 9.47 Å². The molecule has 0 aliphatic heterocycles. The number of methoxy groups -OCH3 is 1. The fourth-order valence-corrected chi connectivity index (χ4v) is 3.25. The van der Waals surface area contributed by atoms with E-state index in [0.29, 0.717) is 6.61 Å². The molecule has 0 saturated heterocycles. The van der Waals surface area contributed by atoms with Crippen molar-refractivity contribution >= 4 is 11.9 Å². The number of ketones is 1. The first-order valence-electron chi connectivity index (χ1n) is 9.36. The summed E-state index contributed by atoms with van der Waals surface area (Å²) in [5, 5.41) is 0. The number of rotatable bonds is 7. The normalized spacial score (nSPS) is 15.1. The number of benzene rings is 2. The van der Waals surface area contributed by atoms with E-state index >= 15 is 0 Å². The van der Waals surface area contributed by atoms with Crippen LogP contribution in [0.3, 0.4) is 0 Å². The average molecular weight is 365 g/mol. The van der Waals surface area contributed by atoms with Crippen LogP contribution in [0.25, 0.3) is 6.08 Å². The van der Waals surface area contributed by atoms with Gasteiger partial charge in [-0.1, -0.05) is 12.1 Å². The molecule has 3 rings (SSSR count). The van der Waals surface area contributed by atoms with Crippen LogP contribution in [0, 0.1) is 0 Å². The molecule has 0 aromatic heterocycles. The molecule has 27 heavy (non-hydrogen) atoms. The Balaban J connectivity index is 1.65. The first-order chi connectivity index (χ1) is 13.1. The maximum atomic E-state index is 12.8. The van der Waals surface area contributed by atoms with Gasteiger partial charge in [-0.2, -0.15) is 0 Å². The van der Waals surface area contributed by atoms with E-state index in [1.807, 2.05) is 48.5 Å². The molecule has 4 nitrogen and oxygen atoms in total. The number of allylic oxidation sites excluding steroid dienone is 1. The number of carbonyl (C=O) groups excluding carboxylic acids is 1. The van der Waals surface area contributed by atoms with Crippen LogP contribution >= 0.6 is 0 Å². The highest BCUT2D eigenvalue weighted by molar-refractivity contribution is 6.13. The SMILES string of the molecule is COc1ccc2c(c1)CC/C(=C/c1ccc(OCCCN(C)C)cc1)C2=O. The smallest absolute Gasteiger partial charge is 0.189 e. The van der Waals surface area contributed by atoms with Gasteiger partial charge in [0.15, 0.2) is 5.78 Å². The van der Waals surface area contributed by atoms with Crippen molar-refractivity contribution in [1.29, 1.82) is 0 Å². The number of ether oxygens (including phenoxy) is 2. The zero-order chi connectivity index (χ0) is 19.2. The van der Waals surface area contributed by atoms with Crippen molar-refractivity contribution in [3.63, 3.8) is 0 Å². The summed E-state index contributed by atoms with van der Waals surface area (Å²) in [5.41, 5.74) is 3.73. The average Bonchev–Trinajstić information content (AvgIpc) is 2.68. The minimum atomic E-state index is 0.114. The van der Waals surface area contributed by atoms with Crippen molar-refractivity contribution in [2.75, 3.05) is 34.4 Å². The van der Waals surface area contributed by atoms with Crippen LogP contribution in [0.5, 0.6) is 11.5 Å². The molecule has 4 heteroatoms. The van der Waals surface area contributed by atoms with Gasteiger partial charge >= 0.3 is 0 Å². The lowest BCUT2D eigenvalue weighted by Gasteiger charge is -2.18. The molecule has 0 saturated carbocycles. The molecule has 0 atom stereocenters. The molecule has 2 aromatic carbocycles. The molecule has 142 valence electrons. The number of hydrogen-bond acceptors (Lipinski definition) is 4. The largest absolute Gasteiger partial charge is 0.497 e. The molecule has 2 aromatic rings. The Bertz CT molecular complexity index is 822. The van der Waals surface area contributed by atoms with Gasteiger partial charge in [0.05, 0.1) is 13.7 Å². The van der Waals surface area contributed by atoms with Gasteiger partial charge in [0, 0.05) is 17.7 Å². The molecule has 0 heterocycles. The minimum absolute atomic E-state index is 0.114. The molecular weight excluding hydrogens is 338 g/mol. The second kappa shape index (κ2) is 8.87. The van der Waals surface area contributed by atoms with Crippen LogP contribution in [-0.4, -0.2) is 45.0 Å². The maximum Gasteiger partial charge on any atom is 0.189 e. The first kappa shape index (κ1) is 19.2. The van der Waals surface area contributed by atoms with Crippen molar-refractivity contribution in [2.45, 2.75) is 19.3 Å². The van der Waals surface area contributed by atoms with E-state index in [-0.39, 0.29) is 5.78 Å².